The quantitative estimate of drug-likeness (QED) is 0.917. The van der Waals surface area contributed by atoms with Gasteiger partial charge in [0.25, 0.3) is 0 Å². The summed E-state index contributed by atoms with van der Waals surface area (Å²) in [4.78, 5) is 9.41. The molecule has 1 aromatic heterocycles. The molecule has 0 aliphatic carbocycles. The molecule has 4 heteroatoms. The first-order chi connectivity index (χ1) is 10.4. The number of rotatable bonds is 5. The SMILES string of the molecule is CCCNC(c1cnc2ccccc2n1)C1CCOCC1. The maximum atomic E-state index is 5.50. The minimum absolute atomic E-state index is 0.283. The average molecular weight is 285 g/mol. The Balaban J connectivity index is 1.88. The van der Waals surface area contributed by atoms with E-state index in [1.807, 2.05) is 30.5 Å². The maximum Gasteiger partial charge on any atom is 0.0890 e. The molecule has 1 fully saturated rings. The first-order valence-electron chi connectivity index (χ1n) is 7.91. The molecule has 1 saturated heterocycles. The Morgan fingerprint density at radius 2 is 2.00 bits per heavy atom. The third-order valence-electron chi connectivity index (χ3n) is 4.14. The van der Waals surface area contributed by atoms with Gasteiger partial charge in [-0.05, 0) is 43.9 Å². The summed E-state index contributed by atoms with van der Waals surface area (Å²) < 4.78 is 5.50. The molecule has 2 heterocycles. The molecule has 1 unspecified atom stereocenters. The highest BCUT2D eigenvalue weighted by Crippen LogP contribution is 2.29. The fourth-order valence-corrected chi connectivity index (χ4v) is 2.98. The van der Waals surface area contributed by atoms with Crippen LogP contribution in [0.25, 0.3) is 11.0 Å². The summed E-state index contributed by atoms with van der Waals surface area (Å²) in [7, 11) is 0. The summed E-state index contributed by atoms with van der Waals surface area (Å²) in [6.45, 7) is 4.92. The molecule has 0 saturated carbocycles. The summed E-state index contributed by atoms with van der Waals surface area (Å²) in [5.41, 5.74) is 3.00. The number of hydrogen-bond acceptors (Lipinski definition) is 4. The molecule has 0 radical (unpaired) electrons. The van der Waals surface area contributed by atoms with Gasteiger partial charge in [-0.3, -0.25) is 4.98 Å². The number of nitrogens with one attached hydrogen (secondary N) is 1. The van der Waals surface area contributed by atoms with E-state index in [2.05, 4.69) is 17.2 Å². The van der Waals surface area contributed by atoms with Crippen LogP contribution in [0.1, 0.15) is 37.9 Å². The molecule has 0 amide bonds. The smallest absolute Gasteiger partial charge is 0.0890 e. The molecule has 112 valence electrons. The Morgan fingerprint density at radius 1 is 1.24 bits per heavy atom. The summed E-state index contributed by atoms with van der Waals surface area (Å²) in [5.74, 6) is 0.584. The Bertz CT molecular complexity index is 581. The summed E-state index contributed by atoms with van der Waals surface area (Å²) in [6, 6.07) is 8.35. The van der Waals surface area contributed by atoms with Crippen molar-refractivity contribution in [3.05, 3.63) is 36.2 Å². The van der Waals surface area contributed by atoms with Crippen LogP contribution in [0.15, 0.2) is 30.5 Å². The average Bonchev–Trinajstić information content (AvgIpc) is 2.56. The lowest BCUT2D eigenvalue weighted by Crippen LogP contribution is -2.33. The zero-order valence-electron chi connectivity index (χ0n) is 12.6. The molecule has 1 aromatic carbocycles. The van der Waals surface area contributed by atoms with Crippen molar-refractivity contribution >= 4 is 11.0 Å². The number of hydrogen-bond donors (Lipinski definition) is 1. The van der Waals surface area contributed by atoms with Gasteiger partial charge in [-0.1, -0.05) is 19.1 Å². The second-order valence-corrected chi connectivity index (χ2v) is 5.67. The van der Waals surface area contributed by atoms with Gasteiger partial charge in [0.1, 0.15) is 0 Å². The molecule has 0 bridgehead atoms. The van der Waals surface area contributed by atoms with Gasteiger partial charge in [-0.15, -0.1) is 0 Å². The van der Waals surface area contributed by atoms with E-state index in [1.54, 1.807) is 0 Å². The number of nitrogens with zero attached hydrogens (tertiary/aromatic N) is 2. The van der Waals surface area contributed by atoms with Crippen molar-refractivity contribution in [1.29, 1.82) is 0 Å². The first-order valence-corrected chi connectivity index (χ1v) is 7.91. The molecule has 1 atom stereocenters. The molecule has 1 N–H and O–H groups in total. The molecule has 1 aliphatic rings. The van der Waals surface area contributed by atoms with Crippen molar-refractivity contribution in [2.75, 3.05) is 19.8 Å². The highest BCUT2D eigenvalue weighted by Gasteiger charge is 2.26. The van der Waals surface area contributed by atoms with Crippen LogP contribution in [0.2, 0.25) is 0 Å². The van der Waals surface area contributed by atoms with Crippen molar-refractivity contribution in [2.24, 2.45) is 5.92 Å². The van der Waals surface area contributed by atoms with Crippen LogP contribution in [0.3, 0.4) is 0 Å². The minimum Gasteiger partial charge on any atom is -0.381 e. The van der Waals surface area contributed by atoms with Gasteiger partial charge in [0, 0.05) is 13.2 Å². The van der Waals surface area contributed by atoms with Gasteiger partial charge < -0.3 is 10.1 Å². The standard InChI is InChI=1S/C17H23N3O/c1-2-9-18-17(13-7-10-21-11-8-13)16-12-19-14-5-3-4-6-15(14)20-16/h3-6,12-13,17-18H,2,7-11H2,1H3. The van der Waals surface area contributed by atoms with E-state index in [0.717, 1.165) is 55.7 Å². The third kappa shape index (κ3) is 3.39. The van der Waals surface area contributed by atoms with E-state index in [1.165, 1.54) is 0 Å². The highest BCUT2D eigenvalue weighted by atomic mass is 16.5. The predicted molar refractivity (Wildman–Crippen MR) is 84.1 cm³/mol. The lowest BCUT2D eigenvalue weighted by molar-refractivity contribution is 0.0531. The Hall–Kier alpha value is -1.52. The largest absolute Gasteiger partial charge is 0.381 e. The molecule has 1 aliphatic heterocycles. The van der Waals surface area contributed by atoms with Crippen molar-refractivity contribution in [1.82, 2.24) is 15.3 Å². The number of para-hydroxylation sites is 2. The Labute approximate surface area is 125 Å². The highest BCUT2D eigenvalue weighted by molar-refractivity contribution is 5.73. The van der Waals surface area contributed by atoms with Gasteiger partial charge >= 0.3 is 0 Å². The van der Waals surface area contributed by atoms with Crippen molar-refractivity contribution in [3.8, 4) is 0 Å². The van der Waals surface area contributed by atoms with Gasteiger partial charge in [-0.25, -0.2) is 4.98 Å². The van der Waals surface area contributed by atoms with Crippen LogP contribution >= 0.6 is 0 Å². The van der Waals surface area contributed by atoms with Crippen LogP contribution < -0.4 is 5.32 Å². The number of ether oxygens (including phenoxy) is 1. The maximum absolute atomic E-state index is 5.50. The summed E-state index contributed by atoms with van der Waals surface area (Å²) in [5, 5.41) is 3.66. The fraction of sp³-hybridized carbons (Fsp3) is 0.529. The van der Waals surface area contributed by atoms with Crippen molar-refractivity contribution < 1.29 is 4.74 Å². The molecule has 0 spiro atoms. The number of benzene rings is 1. The second-order valence-electron chi connectivity index (χ2n) is 5.67. The molecule has 4 nitrogen and oxygen atoms in total. The van der Waals surface area contributed by atoms with E-state index in [-0.39, 0.29) is 6.04 Å². The zero-order chi connectivity index (χ0) is 14.5. The Kier molecular flexibility index (Phi) is 4.78. The Morgan fingerprint density at radius 3 is 2.76 bits per heavy atom. The number of aromatic nitrogens is 2. The normalized spacial score (nSPS) is 18.0. The van der Waals surface area contributed by atoms with Crippen LogP contribution in [0.4, 0.5) is 0 Å². The van der Waals surface area contributed by atoms with Crippen LogP contribution in [-0.2, 0) is 4.74 Å². The molecule has 2 aromatic rings. The molecule has 21 heavy (non-hydrogen) atoms. The van der Waals surface area contributed by atoms with E-state index < -0.39 is 0 Å². The lowest BCUT2D eigenvalue weighted by Gasteiger charge is -2.30. The minimum atomic E-state index is 0.283. The summed E-state index contributed by atoms with van der Waals surface area (Å²) >= 11 is 0. The first kappa shape index (κ1) is 14.4. The topological polar surface area (TPSA) is 47.0 Å². The van der Waals surface area contributed by atoms with Gasteiger partial charge in [0.05, 0.1) is 29.0 Å². The lowest BCUT2D eigenvalue weighted by atomic mass is 9.89. The molecular formula is C17H23N3O. The second kappa shape index (κ2) is 6.96. The van der Waals surface area contributed by atoms with Crippen LogP contribution in [0.5, 0.6) is 0 Å². The van der Waals surface area contributed by atoms with Crippen LogP contribution in [0, 0.1) is 5.92 Å². The van der Waals surface area contributed by atoms with Crippen molar-refractivity contribution in [3.63, 3.8) is 0 Å². The van der Waals surface area contributed by atoms with E-state index in [4.69, 9.17) is 9.72 Å². The predicted octanol–water partition coefficient (Wildman–Crippen LogP) is 3.10. The summed E-state index contributed by atoms with van der Waals surface area (Å²) in [6.07, 6.45) is 5.25. The van der Waals surface area contributed by atoms with E-state index in [9.17, 15) is 0 Å². The fourth-order valence-electron chi connectivity index (χ4n) is 2.98. The van der Waals surface area contributed by atoms with Gasteiger partial charge in [0.15, 0.2) is 0 Å². The van der Waals surface area contributed by atoms with E-state index >= 15 is 0 Å². The van der Waals surface area contributed by atoms with Gasteiger partial charge in [-0.2, -0.15) is 0 Å². The monoisotopic (exact) mass is 285 g/mol. The van der Waals surface area contributed by atoms with Gasteiger partial charge in [0.2, 0.25) is 0 Å². The third-order valence-corrected chi connectivity index (χ3v) is 4.14. The van der Waals surface area contributed by atoms with Crippen LogP contribution in [-0.4, -0.2) is 29.7 Å². The molecular weight excluding hydrogens is 262 g/mol. The zero-order valence-corrected chi connectivity index (χ0v) is 12.6. The van der Waals surface area contributed by atoms with Crippen molar-refractivity contribution in [2.45, 2.75) is 32.2 Å². The van der Waals surface area contributed by atoms with E-state index in [0.29, 0.717) is 5.92 Å². The molecule has 3 rings (SSSR count). The number of fused-ring (bicyclic) bond motifs is 1.